The summed E-state index contributed by atoms with van der Waals surface area (Å²) in [7, 11) is 1.59. The van der Waals surface area contributed by atoms with Gasteiger partial charge in [0.05, 0.1) is 24.4 Å². The van der Waals surface area contributed by atoms with E-state index in [9.17, 15) is 4.79 Å². The van der Waals surface area contributed by atoms with Crippen molar-refractivity contribution in [3.8, 4) is 0 Å². The maximum absolute atomic E-state index is 12.5. The number of methoxy groups -OCH3 is 1. The van der Waals surface area contributed by atoms with Crippen molar-refractivity contribution in [2.45, 2.75) is 6.54 Å². The van der Waals surface area contributed by atoms with Crippen LogP contribution in [0.4, 0.5) is 5.69 Å². The fourth-order valence-electron chi connectivity index (χ4n) is 1.74. The molecule has 20 heavy (non-hydrogen) atoms. The Bertz CT molecular complexity index is 643. The fraction of sp³-hybridized carbons (Fsp3) is 0.231. The number of halogens is 2. The van der Waals surface area contributed by atoms with Gasteiger partial charge in [-0.15, -0.1) is 0 Å². The summed E-state index contributed by atoms with van der Waals surface area (Å²) in [4.78, 5) is 12.5. The molecule has 5 nitrogen and oxygen atoms in total. The third-order valence-corrected chi connectivity index (χ3v) is 3.74. The first-order valence-electron chi connectivity index (χ1n) is 5.84. The third-order valence-electron chi connectivity index (χ3n) is 2.78. The van der Waals surface area contributed by atoms with Gasteiger partial charge in [-0.05, 0) is 34.1 Å². The molecule has 1 heterocycles. The molecule has 0 aliphatic heterocycles. The van der Waals surface area contributed by atoms with Crippen LogP contribution in [0, 0.1) is 0 Å². The fourth-order valence-corrected chi connectivity index (χ4v) is 2.35. The Balaban J connectivity index is 2.37. The molecule has 0 saturated carbocycles. The first-order valence-corrected chi connectivity index (χ1v) is 7.01. The lowest BCUT2D eigenvalue weighted by molar-refractivity contribution is 0.102. The summed E-state index contributed by atoms with van der Waals surface area (Å²) in [6.45, 7) is 0.907. The molecule has 0 aliphatic rings. The minimum absolute atomic E-state index is 0.204. The van der Waals surface area contributed by atoms with Crippen LogP contribution in [-0.4, -0.2) is 29.3 Å². The number of aromatic nitrogens is 2. The van der Waals surface area contributed by atoms with Crippen LogP contribution in [0.5, 0.6) is 0 Å². The summed E-state index contributed by atoms with van der Waals surface area (Å²) in [5.74, 6) is -0.204. The standard InChI is InChI=1S/C13H13BrClN3O2/c1-20-5-4-18-12(10(15)7-17-18)13(19)8-2-3-11(16)9(14)6-8/h2-3,6-7H,4-5,16H2,1H3. The molecule has 1 aromatic heterocycles. The zero-order valence-electron chi connectivity index (χ0n) is 10.8. The number of nitrogens with zero attached hydrogens (tertiary/aromatic N) is 2. The second kappa shape index (κ2) is 6.39. The van der Waals surface area contributed by atoms with Gasteiger partial charge in [0.15, 0.2) is 0 Å². The molecule has 0 unspecified atom stereocenters. The highest BCUT2D eigenvalue weighted by Gasteiger charge is 2.19. The van der Waals surface area contributed by atoms with Gasteiger partial charge in [-0.2, -0.15) is 5.10 Å². The van der Waals surface area contributed by atoms with E-state index in [4.69, 9.17) is 22.1 Å². The maximum Gasteiger partial charge on any atom is 0.212 e. The Labute approximate surface area is 129 Å². The van der Waals surface area contributed by atoms with E-state index in [1.165, 1.54) is 6.20 Å². The van der Waals surface area contributed by atoms with Gasteiger partial charge in [0, 0.05) is 22.8 Å². The van der Waals surface area contributed by atoms with Gasteiger partial charge in [0.1, 0.15) is 5.69 Å². The predicted molar refractivity (Wildman–Crippen MR) is 81.1 cm³/mol. The van der Waals surface area contributed by atoms with E-state index in [2.05, 4.69) is 21.0 Å². The molecule has 1 aromatic carbocycles. The molecule has 0 aliphatic carbocycles. The molecular weight excluding hydrogens is 346 g/mol. The van der Waals surface area contributed by atoms with Crippen molar-refractivity contribution < 1.29 is 9.53 Å². The van der Waals surface area contributed by atoms with Crippen LogP contribution >= 0.6 is 27.5 Å². The lowest BCUT2D eigenvalue weighted by Gasteiger charge is -2.08. The quantitative estimate of drug-likeness (QED) is 0.659. The van der Waals surface area contributed by atoms with Crippen molar-refractivity contribution in [3.05, 3.63) is 45.1 Å². The molecule has 0 radical (unpaired) electrons. The monoisotopic (exact) mass is 357 g/mol. The SMILES string of the molecule is COCCn1ncc(Cl)c1C(=O)c1ccc(N)c(Br)c1. The second-order valence-corrected chi connectivity index (χ2v) is 5.38. The molecule has 0 fully saturated rings. The number of anilines is 1. The Kier molecular flexibility index (Phi) is 4.80. The van der Waals surface area contributed by atoms with Crippen LogP contribution in [0.25, 0.3) is 0 Å². The largest absolute Gasteiger partial charge is 0.398 e. The summed E-state index contributed by atoms with van der Waals surface area (Å²) in [6.07, 6.45) is 1.46. The van der Waals surface area contributed by atoms with E-state index in [0.29, 0.717) is 39.6 Å². The molecule has 0 saturated heterocycles. The van der Waals surface area contributed by atoms with Gasteiger partial charge in [0.25, 0.3) is 0 Å². The summed E-state index contributed by atoms with van der Waals surface area (Å²) >= 11 is 9.36. The number of carbonyl (C=O) groups excluding carboxylic acids is 1. The van der Waals surface area contributed by atoms with Crippen molar-refractivity contribution in [3.63, 3.8) is 0 Å². The highest BCUT2D eigenvalue weighted by Crippen LogP contribution is 2.24. The van der Waals surface area contributed by atoms with E-state index in [-0.39, 0.29) is 5.78 Å². The van der Waals surface area contributed by atoms with Crippen molar-refractivity contribution in [2.75, 3.05) is 19.5 Å². The molecule has 0 bridgehead atoms. The smallest absolute Gasteiger partial charge is 0.212 e. The molecule has 2 N–H and O–H groups in total. The highest BCUT2D eigenvalue weighted by molar-refractivity contribution is 9.10. The second-order valence-electron chi connectivity index (χ2n) is 4.12. The summed E-state index contributed by atoms with van der Waals surface area (Å²) in [5.41, 5.74) is 7.12. The molecule has 106 valence electrons. The number of nitrogens with two attached hydrogens (primary N) is 1. The van der Waals surface area contributed by atoms with Crippen molar-refractivity contribution >= 4 is 39.0 Å². The number of benzene rings is 1. The normalized spacial score (nSPS) is 10.8. The van der Waals surface area contributed by atoms with E-state index in [1.54, 1.807) is 30.0 Å². The number of hydrogen-bond acceptors (Lipinski definition) is 4. The van der Waals surface area contributed by atoms with Gasteiger partial charge in [0.2, 0.25) is 5.78 Å². The first kappa shape index (κ1) is 15.0. The Morgan fingerprint density at radius 1 is 1.55 bits per heavy atom. The van der Waals surface area contributed by atoms with Crippen LogP contribution in [0.3, 0.4) is 0 Å². The lowest BCUT2D eigenvalue weighted by Crippen LogP contribution is -2.14. The van der Waals surface area contributed by atoms with Gasteiger partial charge in [-0.1, -0.05) is 11.6 Å². The Morgan fingerprint density at radius 2 is 2.30 bits per heavy atom. The summed E-state index contributed by atoms with van der Waals surface area (Å²) < 4.78 is 7.20. The zero-order chi connectivity index (χ0) is 14.7. The number of hydrogen-bond donors (Lipinski definition) is 1. The van der Waals surface area contributed by atoms with Gasteiger partial charge in [-0.25, -0.2) is 0 Å². The molecule has 0 atom stereocenters. The number of carbonyl (C=O) groups is 1. The Morgan fingerprint density at radius 3 is 2.95 bits per heavy atom. The predicted octanol–water partition coefficient (Wildman–Crippen LogP) is 2.76. The number of nitrogen functional groups attached to an aromatic ring is 1. The minimum Gasteiger partial charge on any atom is -0.398 e. The van der Waals surface area contributed by atoms with E-state index >= 15 is 0 Å². The number of rotatable bonds is 5. The molecule has 2 aromatic rings. The van der Waals surface area contributed by atoms with E-state index in [1.807, 2.05) is 0 Å². The molecule has 2 rings (SSSR count). The zero-order valence-corrected chi connectivity index (χ0v) is 13.1. The molecule has 7 heteroatoms. The lowest BCUT2D eigenvalue weighted by atomic mass is 10.1. The van der Waals surface area contributed by atoms with Crippen LogP contribution in [0.2, 0.25) is 5.02 Å². The van der Waals surface area contributed by atoms with Crippen molar-refractivity contribution in [1.29, 1.82) is 0 Å². The van der Waals surface area contributed by atoms with Crippen molar-refractivity contribution in [2.24, 2.45) is 0 Å². The van der Waals surface area contributed by atoms with Gasteiger partial charge < -0.3 is 10.5 Å². The average molecular weight is 359 g/mol. The van der Waals surface area contributed by atoms with Crippen LogP contribution in [0.1, 0.15) is 16.1 Å². The maximum atomic E-state index is 12.5. The molecular formula is C13H13BrClN3O2. The van der Waals surface area contributed by atoms with Crippen LogP contribution in [0.15, 0.2) is 28.9 Å². The van der Waals surface area contributed by atoms with E-state index in [0.717, 1.165) is 0 Å². The average Bonchev–Trinajstić information content (AvgIpc) is 2.80. The number of ketones is 1. The third kappa shape index (κ3) is 3.03. The highest BCUT2D eigenvalue weighted by atomic mass is 79.9. The molecule has 0 amide bonds. The topological polar surface area (TPSA) is 70.1 Å². The van der Waals surface area contributed by atoms with Gasteiger partial charge in [-0.3, -0.25) is 9.48 Å². The van der Waals surface area contributed by atoms with Crippen LogP contribution < -0.4 is 5.73 Å². The number of ether oxygens (including phenoxy) is 1. The molecule has 0 spiro atoms. The minimum atomic E-state index is -0.204. The first-order chi connectivity index (χ1) is 9.54. The summed E-state index contributed by atoms with van der Waals surface area (Å²) in [6, 6.07) is 5.00. The summed E-state index contributed by atoms with van der Waals surface area (Å²) in [5, 5.41) is 4.41. The van der Waals surface area contributed by atoms with E-state index < -0.39 is 0 Å². The van der Waals surface area contributed by atoms with Crippen molar-refractivity contribution in [1.82, 2.24) is 9.78 Å². The van der Waals surface area contributed by atoms with Crippen LogP contribution in [-0.2, 0) is 11.3 Å². The Hall–Kier alpha value is -1.37. The van der Waals surface area contributed by atoms with Gasteiger partial charge >= 0.3 is 0 Å².